The Morgan fingerprint density at radius 3 is 2.21 bits per heavy atom. The quantitative estimate of drug-likeness (QED) is 0.352. The van der Waals surface area contributed by atoms with Gasteiger partial charge in [-0.15, -0.1) is 0 Å². The lowest BCUT2D eigenvalue weighted by atomic mass is 10.0. The average molecular weight is 537 g/mol. The molecule has 0 aliphatic carbocycles. The Morgan fingerprint density at radius 1 is 1.00 bits per heavy atom. The number of para-hydroxylation sites is 2. The van der Waals surface area contributed by atoms with Crippen molar-refractivity contribution in [3.63, 3.8) is 0 Å². The van der Waals surface area contributed by atoms with Crippen molar-refractivity contribution in [2.24, 2.45) is 4.99 Å². The predicted octanol–water partition coefficient (Wildman–Crippen LogP) is 7.32. The Kier molecular flexibility index (Phi) is 7.29. The minimum Gasteiger partial charge on any atom is -0.303 e. The molecule has 0 fully saturated rings. The molecule has 0 bridgehead atoms. The maximum Gasteiger partial charge on any atom is 0.412 e. The largest absolute Gasteiger partial charge is 0.412 e. The molecular weight excluding hydrogens is 505 g/mol. The molecule has 2 atom stereocenters. The van der Waals surface area contributed by atoms with Crippen LogP contribution in [0, 0.1) is 0 Å². The van der Waals surface area contributed by atoms with Gasteiger partial charge in [-0.3, -0.25) is 4.90 Å². The van der Waals surface area contributed by atoms with E-state index < -0.39 is 18.3 Å². The Hall–Kier alpha value is -2.06. The highest BCUT2D eigenvalue weighted by molar-refractivity contribution is 9.10. The maximum atomic E-state index is 14.3. The van der Waals surface area contributed by atoms with Crippen LogP contribution in [0.15, 0.2) is 51.9 Å². The van der Waals surface area contributed by atoms with E-state index in [1.165, 1.54) is 0 Å². The molecule has 0 N–H and O–H groups in total. The molecule has 0 saturated carbocycles. The monoisotopic (exact) mass is 536 g/mol. The van der Waals surface area contributed by atoms with E-state index >= 15 is 0 Å². The van der Waals surface area contributed by atoms with Crippen LogP contribution >= 0.6 is 15.9 Å². The van der Waals surface area contributed by atoms with Gasteiger partial charge in [-0.25, -0.2) is 4.99 Å². The normalized spacial score (nSPS) is 19.8. The van der Waals surface area contributed by atoms with Crippen LogP contribution in [0.4, 0.5) is 30.2 Å². The van der Waals surface area contributed by atoms with Gasteiger partial charge in [0.05, 0.1) is 23.1 Å². The van der Waals surface area contributed by atoms with Crippen molar-refractivity contribution >= 4 is 39.0 Å². The number of hydrogen-bond donors (Lipinski definition) is 0. The van der Waals surface area contributed by atoms with Crippen LogP contribution in [-0.2, 0) is 0 Å². The Balaban J connectivity index is 1.81. The Bertz CT molecular complexity index is 1050. The van der Waals surface area contributed by atoms with Gasteiger partial charge in [0.1, 0.15) is 0 Å². The SMILES string of the molecule is CCCN(CCC)CC1C(C(F)(F)F)N=C2N(c3ccc(C(C)C)cc3Br)c3ccccc3N21. The molecule has 2 unspecified atom stereocenters. The lowest BCUT2D eigenvalue weighted by Crippen LogP contribution is -2.52. The molecule has 4 rings (SSSR count). The highest BCUT2D eigenvalue weighted by Crippen LogP contribution is 2.49. The van der Waals surface area contributed by atoms with Gasteiger partial charge in [-0.2, -0.15) is 13.2 Å². The maximum absolute atomic E-state index is 14.3. The number of anilines is 3. The molecule has 4 nitrogen and oxygen atoms in total. The van der Waals surface area contributed by atoms with Gasteiger partial charge in [0.25, 0.3) is 0 Å². The first kappa shape index (κ1) is 25.0. The van der Waals surface area contributed by atoms with Crippen molar-refractivity contribution in [3.8, 4) is 0 Å². The number of halogens is 4. The summed E-state index contributed by atoms with van der Waals surface area (Å²) in [6, 6.07) is 11.1. The number of benzene rings is 2. The van der Waals surface area contributed by atoms with Crippen LogP contribution in [-0.4, -0.2) is 48.8 Å². The molecule has 184 valence electrons. The van der Waals surface area contributed by atoms with E-state index in [0.29, 0.717) is 18.4 Å². The molecule has 0 spiro atoms. The average Bonchev–Trinajstić information content (AvgIpc) is 3.29. The van der Waals surface area contributed by atoms with Crippen LogP contribution in [0.1, 0.15) is 52.0 Å². The van der Waals surface area contributed by atoms with Gasteiger partial charge in [0, 0.05) is 11.0 Å². The third-order valence-electron chi connectivity index (χ3n) is 6.49. The predicted molar refractivity (Wildman–Crippen MR) is 137 cm³/mol. The van der Waals surface area contributed by atoms with Crippen molar-refractivity contribution in [3.05, 3.63) is 52.5 Å². The number of alkyl halides is 3. The molecule has 0 saturated heterocycles. The van der Waals surface area contributed by atoms with Crippen molar-refractivity contribution in [2.75, 3.05) is 29.4 Å². The van der Waals surface area contributed by atoms with Gasteiger partial charge < -0.3 is 9.80 Å². The number of hydrogen-bond acceptors (Lipinski definition) is 4. The number of aliphatic imine (C=N–C) groups is 1. The summed E-state index contributed by atoms with van der Waals surface area (Å²) in [7, 11) is 0. The highest BCUT2D eigenvalue weighted by Gasteiger charge is 2.56. The lowest BCUT2D eigenvalue weighted by Gasteiger charge is -2.33. The second-order valence-electron chi connectivity index (χ2n) is 9.34. The molecule has 8 heteroatoms. The molecule has 2 aromatic carbocycles. The van der Waals surface area contributed by atoms with Crippen LogP contribution < -0.4 is 9.80 Å². The van der Waals surface area contributed by atoms with Crippen LogP contribution in [0.25, 0.3) is 0 Å². The highest BCUT2D eigenvalue weighted by atomic mass is 79.9. The molecule has 0 aromatic heterocycles. The fraction of sp³-hybridized carbons (Fsp3) is 0.500. The third-order valence-corrected chi connectivity index (χ3v) is 7.12. The number of fused-ring (bicyclic) bond motifs is 3. The van der Waals surface area contributed by atoms with E-state index in [-0.39, 0.29) is 0 Å². The van der Waals surface area contributed by atoms with Crippen molar-refractivity contribution in [2.45, 2.75) is 64.7 Å². The summed E-state index contributed by atoms with van der Waals surface area (Å²) in [5.41, 5.74) is 3.57. The second kappa shape index (κ2) is 9.90. The van der Waals surface area contributed by atoms with E-state index in [1.807, 2.05) is 52.3 Å². The lowest BCUT2D eigenvalue weighted by molar-refractivity contribution is -0.150. The van der Waals surface area contributed by atoms with E-state index in [1.54, 1.807) is 0 Å². The number of rotatable bonds is 8. The molecule has 2 heterocycles. The molecule has 0 radical (unpaired) electrons. The first-order valence-corrected chi connectivity index (χ1v) is 12.8. The number of nitrogens with zero attached hydrogens (tertiary/aromatic N) is 4. The van der Waals surface area contributed by atoms with Gasteiger partial charge in [0.15, 0.2) is 6.04 Å². The summed E-state index contributed by atoms with van der Waals surface area (Å²) in [6.45, 7) is 10.2. The summed E-state index contributed by atoms with van der Waals surface area (Å²) in [6.07, 6.45) is -2.63. The molecule has 2 aliphatic rings. The minimum atomic E-state index is -4.43. The molecule has 2 aromatic rings. The summed E-state index contributed by atoms with van der Waals surface area (Å²) in [5, 5.41) is 0. The molecule has 2 aliphatic heterocycles. The smallest absolute Gasteiger partial charge is 0.303 e. The van der Waals surface area contributed by atoms with Gasteiger partial charge >= 0.3 is 6.18 Å². The fourth-order valence-electron chi connectivity index (χ4n) is 4.94. The van der Waals surface area contributed by atoms with E-state index in [9.17, 15) is 13.2 Å². The zero-order valence-corrected chi connectivity index (χ0v) is 21.7. The summed E-state index contributed by atoms with van der Waals surface area (Å²) in [5.74, 6) is 0.693. The van der Waals surface area contributed by atoms with E-state index in [4.69, 9.17) is 0 Å². The standard InChI is InChI=1S/C26H32BrF3N4/c1-5-13-32(14-6-2)16-23-24(26(28,29)30)31-25-33(21-9-7-8-10-22(21)34(23)25)20-12-11-18(17(3)4)15-19(20)27/h7-12,15,17,23-24H,5-6,13-14,16H2,1-4H3. The van der Waals surface area contributed by atoms with Crippen molar-refractivity contribution in [1.29, 1.82) is 0 Å². The van der Waals surface area contributed by atoms with Crippen LogP contribution in [0.5, 0.6) is 0 Å². The van der Waals surface area contributed by atoms with Crippen molar-refractivity contribution < 1.29 is 13.2 Å². The van der Waals surface area contributed by atoms with Gasteiger partial charge in [-0.05, 0) is 77.6 Å². The fourth-order valence-corrected chi connectivity index (χ4v) is 5.52. The molecular formula is C26H32BrF3N4. The zero-order valence-electron chi connectivity index (χ0n) is 20.1. The second-order valence-corrected chi connectivity index (χ2v) is 10.2. The Morgan fingerprint density at radius 2 is 1.65 bits per heavy atom. The zero-order chi connectivity index (χ0) is 24.6. The third kappa shape index (κ3) is 4.59. The topological polar surface area (TPSA) is 22.1 Å². The molecule has 0 amide bonds. The van der Waals surface area contributed by atoms with Crippen LogP contribution in [0.2, 0.25) is 0 Å². The van der Waals surface area contributed by atoms with E-state index in [0.717, 1.165) is 53.0 Å². The number of guanidine groups is 1. The van der Waals surface area contributed by atoms with E-state index in [2.05, 4.69) is 53.5 Å². The van der Waals surface area contributed by atoms with Gasteiger partial charge in [-0.1, -0.05) is 45.9 Å². The van der Waals surface area contributed by atoms with Crippen molar-refractivity contribution in [1.82, 2.24) is 4.90 Å². The first-order valence-electron chi connectivity index (χ1n) is 12.0. The summed E-state index contributed by atoms with van der Waals surface area (Å²) in [4.78, 5) is 10.2. The van der Waals surface area contributed by atoms with Crippen LogP contribution in [0.3, 0.4) is 0 Å². The minimum absolute atomic E-state index is 0.314. The summed E-state index contributed by atoms with van der Waals surface area (Å²) >= 11 is 3.68. The first-order chi connectivity index (χ1) is 16.2. The Labute approximate surface area is 208 Å². The molecule has 34 heavy (non-hydrogen) atoms. The summed E-state index contributed by atoms with van der Waals surface area (Å²) < 4.78 is 43.7. The van der Waals surface area contributed by atoms with Gasteiger partial charge in [0.2, 0.25) is 5.96 Å².